The summed E-state index contributed by atoms with van der Waals surface area (Å²) in [6.07, 6.45) is 0. The number of anilines is 1. The number of nitrogens with zero attached hydrogens (tertiary/aromatic N) is 3. The van der Waals surface area contributed by atoms with E-state index in [1.807, 2.05) is 24.3 Å². The molecule has 0 bridgehead atoms. The number of nitrogens with one attached hydrogen (secondary N) is 1. The van der Waals surface area contributed by atoms with Crippen LogP contribution in [0.3, 0.4) is 0 Å². The molecule has 0 saturated carbocycles. The first-order valence-corrected chi connectivity index (χ1v) is 12.0. The number of thioether (sulfide) groups is 1. The third-order valence-corrected chi connectivity index (χ3v) is 5.90. The standard InChI is InChI=1S/C24H30N4O5S/c1-5-28(6-2)13-14-32-21-15-18(9-12-20(21)31-4)25-22(29)16-34-24-27-26-23(33-24)17-7-10-19(30-3)11-8-17/h7-12,15H,5-6,13-14,16H2,1-4H3,(H,25,29). The molecule has 0 saturated heterocycles. The SMILES string of the molecule is CCN(CC)CCOc1cc(NC(=O)CSc2nnc(-c3ccc(OC)cc3)o2)ccc1OC. The first-order valence-electron chi connectivity index (χ1n) is 11.0. The third-order valence-electron chi connectivity index (χ3n) is 5.08. The number of likely N-dealkylation sites (N-methyl/N-ethyl adjacent to an activating group) is 1. The topological polar surface area (TPSA) is 99.0 Å². The minimum absolute atomic E-state index is 0.119. The number of carbonyl (C=O) groups is 1. The molecule has 0 unspecified atom stereocenters. The average Bonchev–Trinajstić information content (AvgIpc) is 3.35. The van der Waals surface area contributed by atoms with Gasteiger partial charge in [-0.3, -0.25) is 4.79 Å². The highest BCUT2D eigenvalue weighted by Gasteiger charge is 2.13. The smallest absolute Gasteiger partial charge is 0.277 e. The van der Waals surface area contributed by atoms with Gasteiger partial charge in [-0.2, -0.15) is 0 Å². The molecule has 0 aliphatic rings. The molecule has 34 heavy (non-hydrogen) atoms. The zero-order valence-corrected chi connectivity index (χ0v) is 20.7. The lowest BCUT2D eigenvalue weighted by molar-refractivity contribution is -0.113. The highest BCUT2D eigenvalue weighted by atomic mass is 32.2. The van der Waals surface area contributed by atoms with E-state index >= 15 is 0 Å². The van der Waals surface area contributed by atoms with Crippen LogP contribution in [-0.4, -0.2) is 67.2 Å². The van der Waals surface area contributed by atoms with Crippen LogP contribution in [0.25, 0.3) is 11.5 Å². The number of hydrogen-bond acceptors (Lipinski definition) is 9. The number of methoxy groups -OCH3 is 2. The summed E-state index contributed by atoms with van der Waals surface area (Å²) in [5, 5.41) is 11.2. The number of hydrogen-bond donors (Lipinski definition) is 1. The lowest BCUT2D eigenvalue weighted by Gasteiger charge is -2.19. The lowest BCUT2D eigenvalue weighted by atomic mass is 10.2. The maximum absolute atomic E-state index is 12.5. The molecule has 1 heterocycles. The van der Waals surface area contributed by atoms with Gasteiger partial charge in [-0.1, -0.05) is 25.6 Å². The van der Waals surface area contributed by atoms with Gasteiger partial charge < -0.3 is 28.8 Å². The molecule has 0 radical (unpaired) electrons. The number of aromatic nitrogens is 2. The van der Waals surface area contributed by atoms with Crippen molar-refractivity contribution < 1.29 is 23.4 Å². The number of ether oxygens (including phenoxy) is 3. The average molecular weight is 487 g/mol. The van der Waals surface area contributed by atoms with Crippen LogP contribution in [0.4, 0.5) is 5.69 Å². The van der Waals surface area contributed by atoms with Gasteiger partial charge in [0.05, 0.1) is 20.0 Å². The predicted molar refractivity (Wildman–Crippen MR) is 132 cm³/mol. The molecule has 10 heteroatoms. The maximum atomic E-state index is 12.5. The summed E-state index contributed by atoms with van der Waals surface area (Å²) >= 11 is 1.17. The van der Waals surface area contributed by atoms with Crippen molar-refractivity contribution in [3.8, 4) is 28.7 Å². The molecule has 182 valence electrons. The van der Waals surface area contributed by atoms with E-state index in [2.05, 4.69) is 34.3 Å². The van der Waals surface area contributed by atoms with E-state index in [1.165, 1.54) is 11.8 Å². The fourth-order valence-corrected chi connectivity index (χ4v) is 3.70. The molecule has 0 spiro atoms. The van der Waals surface area contributed by atoms with Gasteiger partial charge >= 0.3 is 0 Å². The summed E-state index contributed by atoms with van der Waals surface area (Å²) in [6.45, 7) is 7.50. The van der Waals surface area contributed by atoms with Crippen molar-refractivity contribution in [1.29, 1.82) is 0 Å². The van der Waals surface area contributed by atoms with Crippen LogP contribution < -0.4 is 19.5 Å². The molecule has 0 aliphatic heterocycles. The number of rotatable bonds is 13. The Morgan fingerprint density at radius 3 is 2.47 bits per heavy atom. The largest absolute Gasteiger partial charge is 0.497 e. The quantitative estimate of drug-likeness (QED) is 0.356. The van der Waals surface area contributed by atoms with E-state index in [0.717, 1.165) is 30.9 Å². The molecular formula is C24H30N4O5S. The lowest BCUT2D eigenvalue weighted by Crippen LogP contribution is -2.28. The summed E-state index contributed by atoms with van der Waals surface area (Å²) in [4.78, 5) is 14.7. The Balaban J connectivity index is 1.53. The Morgan fingerprint density at radius 2 is 1.79 bits per heavy atom. The predicted octanol–water partition coefficient (Wildman–Crippen LogP) is 4.21. The monoisotopic (exact) mass is 486 g/mol. The van der Waals surface area contributed by atoms with E-state index in [4.69, 9.17) is 18.6 Å². The molecule has 9 nitrogen and oxygen atoms in total. The molecule has 1 aromatic heterocycles. The number of carbonyl (C=O) groups excluding carboxylic acids is 1. The number of benzene rings is 2. The van der Waals surface area contributed by atoms with Gasteiger partial charge in [-0.25, -0.2) is 0 Å². The zero-order valence-electron chi connectivity index (χ0n) is 19.9. The fourth-order valence-electron chi connectivity index (χ4n) is 3.13. The Labute approximate surface area is 203 Å². The Bertz CT molecular complexity index is 1050. The highest BCUT2D eigenvalue weighted by molar-refractivity contribution is 7.99. The van der Waals surface area contributed by atoms with Crippen molar-refractivity contribution in [2.75, 3.05) is 51.5 Å². The van der Waals surface area contributed by atoms with Crippen LogP contribution in [0.5, 0.6) is 17.2 Å². The summed E-state index contributed by atoms with van der Waals surface area (Å²) < 4.78 is 22.1. The van der Waals surface area contributed by atoms with Crippen molar-refractivity contribution in [3.05, 3.63) is 42.5 Å². The van der Waals surface area contributed by atoms with Gasteiger partial charge in [0.15, 0.2) is 11.5 Å². The molecule has 1 N–H and O–H groups in total. The van der Waals surface area contributed by atoms with Crippen LogP contribution in [0, 0.1) is 0 Å². The second kappa shape index (κ2) is 12.9. The van der Waals surface area contributed by atoms with Crippen LogP contribution in [-0.2, 0) is 4.79 Å². The molecule has 3 rings (SSSR count). The first kappa shape index (κ1) is 25.4. The molecule has 0 atom stereocenters. The van der Waals surface area contributed by atoms with Gasteiger partial charge in [0, 0.05) is 23.9 Å². The van der Waals surface area contributed by atoms with Crippen molar-refractivity contribution in [1.82, 2.24) is 15.1 Å². The summed E-state index contributed by atoms with van der Waals surface area (Å²) in [5.74, 6) is 2.24. The van der Waals surface area contributed by atoms with Gasteiger partial charge in [0.25, 0.3) is 5.22 Å². The normalized spacial score (nSPS) is 10.9. The minimum atomic E-state index is -0.201. The minimum Gasteiger partial charge on any atom is -0.497 e. The van der Waals surface area contributed by atoms with Gasteiger partial charge in [-0.15, -0.1) is 10.2 Å². The second-order valence-corrected chi connectivity index (χ2v) is 8.11. The van der Waals surface area contributed by atoms with E-state index in [-0.39, 0.29) is 11.7 Å². The van der Waals surface area contributed by atoms with Crippen LogP contribution in [0.15, 0.2) is 52.1 Å². The molecule has 1 amide bonds. The van der Waals surface area contributed by atoms with Crippen molar-refractivity contribution in [2.24, 2.45) is 0 Å². The van der Waals surface area contributed by atoms with E-state index in [1.54, 1.807) is 32.4 Å². The fraction of sp³-hybridized carbons (Fsp3) is 0.375. The van der Waals surface area contributed by atoms with Crippen LogP contribution >= 0.6 is 11.8 Å². The Morgan fingerprint density at radius 1 is 1.03 bits per heavy atom. The van der Waals surface area contributed by atoms with Crippen LogP contribution in [0.2, 0.25) is 0 Å². The van der Waals surface area contributed by atoms with E-state index in [9.17, 15) is 4.79 Å². The van der Waals surface area contributed by atoms with Crippen molar-refractivity contribution in [2.45, 2.75) is 19.1 Å². The second-order valence-electron chi connectivity index (χ2n) is 7.18. The summed E-state index contributed by atoms with van der Waals surface area (Å²) in [5.41, 5.74) is 1.39. The number of amides is 1. The van der Waals surface area contributed by atoms with Gasteiger partial charge in [-0.05, 0) is 49.5 Å². The van der Waals surface area contributed by atoms with E-state index in [0.29, 0.717) is 34.9 Å². The third kappa shape index (κ3) is 7.13. The van der Waals surface area contributed by atoms with Gasteiger partial charge in [0.2, 0.25) is 11.8 Å². The Kier molecular flexibility index (Phi) is 9.60. The molecular weight excluding hydrogens is 456 g/mol. The molecule has 0 fully saturated rings. The molecule has 0 aliphatic carbocycles. The Hall–Kier alpha value is -3.24. The van der Waals surface area contributed by atoms with Gasteiger partial charge in [0.1, 0.15) is 12.4 Å². The van der Waals surface area contributed by atoms with Crippen LogP contribution in [0.1, 0.15) is 13.8 Å². The molecule has 2 aromatic carbocycles. The molecule has 3 aromatic rings. The zero-order chi connectivity index (χ0) is 24.3. The van der Waals surface area contributed by atoms with Crippen molar-refractivity contribution in [3.63, 3.8) is 0 Å². The first-order chi connectivity index (χ1) is 16.6. The maximum Gasteiger partial charge on any atom is 0.277 e. The highest BCUT2D eigenvalue weighted by Crippen LogP contribution is 2.30. The van der Waals surface area contributed by atoms with Crippen molar-refractivity contribution >= 4 is 23.4 Å². The van der Waals surface area contributed by atoms with E-state index < -0.39 is 0 Å². The summed E-state index contributed by atoms with van der Waals surface area (Å²) in [7, 11) is 3.20. The summed E-state index contributed by atoms with van der Waals surface area (Å²) in [6, 6.07) is 12.6.